The quantitative estimate of drug-likeness (QED) is 0.151. The highest BCUT2D eigenvalue weighted by molar-refractivity contribution is 6.88. The molecule has 264 valence electrons. The first-order valence-corrected chi connectivity index (χ1v) is 22.3. The maximum Gasteiger partial charge on any atom is 0.125 e. The van der Waals surface area contributed by atoms with Crippen LogP contribution in [-0.2, 0) is 5.41 Å². The van der Waals surface area contributed by atoms with Crippen molar-refractivity contribution in [2.24, 2.45) is 0 Å². The molecular weight excluding hydrogens is 676 g/mol. The molecule has 0 radical (unpaired) electrons. The first-order chi connectivity index (χ1) is 26.1. The molecule has 0 aromatic heterocycles. The van der Waals surface area contributed by atoms with Gasteiger partial charge in [-0.3, -0.25) is 0 Å². The number of halogens is 1. The second kappa shape index (κ2) is 12.9. The van der Waals surface area contributed by atoms with Crippen LogP contribution in [0.25, 0.3) is 32.7 Å². The minimum Gasteiger partial charge on any atom is -0.310 e. The van der Waals surface area contributed by atoms with Crippen LogP contribution in [0.5, 0.6) is 0 Å². The van der Waals surface area contributed by atoms with Crippen LogP contribution >= 0.6 is 0 Å². The number of nitrogens with zero attached hydrogens (tertiary/aromatic N) is 2. The van der Waals surface area contributed by atoms with Gasteiger partial charge in [-0.2, -0.15) is 0 Å². The first kappa shape index (κ1) is 33.8. The van der Waals surface area contributed by atoms with Crippen molar-refractivity contribution in [1.29, 1.82) is 0 Å². The molecule has 2 nitrogen and oxygen atoms in total. The molecule has 1 aliphatic carbocycles. The minimum absolute atomic E-state index is 0.259. The summed E-state index contributed by atoms with van der Waals surface area (Å²) in [6.07, 6.45) is 0. The second-order valence-electron chi connectivity index (χ2n) is 16.0. The van der Waals surface area contributed by atoms with Crippen LogP contribution in [0.1, 0.15) is 25.0 Å². The van der Waals surface area contributed by atoms with Crippen LogP contribution in [0.15, 0.2) is 170 Å². The molecule has 0 amide bonds. The Labute approximate surface area is 318 Å². The van der Waals surface area contributed by atoms with Gasteiger partial charge in [0.15, 0.2) is 0 Å². The Morgan fingerprint density at radius 3 is 1.78 bits per heavy atom. The van der Waals surface area contributed by atoms with Crippen molar-refractivity contribution in [3.63, 3.8) is 0 Å². The lowest BCUT2D eigenvalue weighted by Gasteiger charge is -2.30. The Morgan fingerprint density at radius 1 is 0.463 bits per heavy atom. The molecular formula is C50H43FN2Si. The second-order valence-corrected chi connectivity index (χ2v) is 21.1. The van der Waals surface area contributed by atoms with E-state index in [2.05, 4.69) is 171 Å². The lowest BCUT2D eigenvalue weighted by molar-refractivity contribution is 0.628. The fourth-order valence-corrected chi connectivity index (χ4v) is 9.60. The summed E-state index contributed by atoms with van der Waals surface area (Å²) in [6, 6.07) is 59.8. The van der Waals surface area contributed by atoms with Crippen molar-refractivity contribution < 1.29 is 4.39 Å². The molecule has 0 N–H and O–H groups in total. The molecule has 54 heavy (non-hydrogen) atoms. The van der Waals surface area contributed by atoms with Gasteiger partial charge in [-0.1, -0.05) is 142 Å². The summed E-state index contributed by atoms with van der Waals surface area (Å²) in [5.74, 6) is -0.259. The van der Waals surface area contributed by atoms with E-state index in [4.69, 9.17) is 0 Å². The standard InChI is InChI=1S/C50H43FN2Si/c1-50(2)45-32-39(52(37-25-28-40(29-26-37)54(3,4)5)47-24-13-16-34-15-9-10-21-41(34)47)27-30-44(45)49-43-23-12-11-22-42(43)48(33-46(49)50)53(36-18-7-6-8-19-36)38-20-14-17-35(51)31-38/h6-33H,1-5H3. The number of hydrogen-bond acceptors (Lipinski definition) is 2. The molecule has 0 saturated carbocycles. The summed E-state index contributed by atoms with van der Waals surface area (Å²) >= 11 is 0. The highest BCUT2D eigenvalue weighted by Gasteiger charge is 2.38. The van der Waals surface area contributed by atoms with Gasteiger partial charge in [0.1, 0.15) is 5.82 Å². The third-order valence-electron chi connectivity index (χ3n) is 11.2. The third-order valence-corrected chi connectivity index (χ3v) is 13.3. The van der Waals surface area contributed by atoms with Gasteiger partial charge in [0.25, 0.3) is 0 Å². The average molecular weight is 719 g/mol. The number of anilines is 6. The van der Waals surface area contributed by atoms with Gasteiger partial charge < -0.3 is 9.80 Å². The lowest BCUT2D eigenvalue weighted by atomic mass is 9.81. The van der Waals surface area contributed by atoms with E-state index < -0.39 is 8.07 Å². The van der Waals surface area contributed by atoms with E-state index in [1.807, 2.05) is 24.3 Å². The van der Waals surface area contributed by atoms with Crippen LogP contribution in [0.3, 0.4) is 0 Å². The van der Waals surface area contributed by atoms with E-state index >= 15 is 0 Å². The monoisotopic (exact) mass is 718 g/mol. The molecule has 0 unspecified atom stereocenters. The Bertz CT molecular complexity index is 2690. The van der Waals surface area contributed by atoms with Gasteiger partial charge in [-0.25, -0.2) is 4.39 Å². The van der Waals surface area contributed by atoms with Crippen LogP contribution in [0, 0.1) is 5.82 Å². The Hall–Kier alpha value is -5.97. The fourth-order valence-electron chi connectivity index (χ4n) is 8.44. The van der Waals surface area contributed by atoms with Crippen molar-refractivity contribution in [2.45, 2.75) is 38.9 Å². The van der Waals surface area contributed by atoms with Crippen LogP contribution in [0.4, 0.5) is 38.5 Å². The predicted molar refractivity (Wildman–Crippen MR) is 231 cm³/mol. The van der Waals surface area contributed by atoms with Gasteiger partial charge in [0, 0.05) is 38.9 Å². The highest BCUT2D eigenvalue weighted by atomic mass is 28.3. The molecule has 4 heteroatoms. The van der Waals surface area contributed by atoms with Gasteiger partial charge in [0.05, 0.1) is 19.4 Å². The summed E-state index contributed by atoms with van der Waals surface area (Å²) < 4.78 is 14.9. The van der Waals surface area contributed by atoms with Crippen molar-refractivity contribution >= 4 is 68.9 Å². The van der Waals surface area contributed by atoms with E-state index in [0.717, 1.165) is 39.5 Å². The fraction of sp³-hybridized carbons (Fsp3) is 0.120. The molecule has 0 aliphatic heterocycles. The minimum atomic E-state index is -1.48. The van der Waals surface area contributed by atoms with E-state index in [-0.39, 0.29) is 11.2 Å². The SMILES string of the molecule is CC1(C)c2cc(N(c3ccc([Si](C)(C)C)cc3)c3cccc4ccccc34)ccc2-c2c1cc(N(c1ccccc1)c1cccc(F)c1)c1ccccc21. The Kier molecular flexibility index (Phi) is 8.06. The molecule has 0 fully saturated rings. The van der Waals surface area contributed by atoms with Crippen molar-refractivity contribution in [3.8, 4) is 11.1 Å². The van der Waals surface area contributed by atoms with E-state index in [9.17, 15) is 4.39 Å². The van der Waals surface area contributed by atoms with Crippen molar-refractivity contribution in [1.82, 2.24) is 0 Å². The average Bonchev–Trinajstić information content (AvgIpc) is 3.41. The predicted octanol–water partition coefficient (Wildman–Crippen LogP) is 13.9. The molecule has 8 aromatic rings. The van der Waals surface area contributed by atoms with Crippen molar-refractivity contribution in [2.75, 3.05) is 9.80 Å². The molecule has 0 heterocycles. The number of fused-ring (bicyclic) bond motifs is 6. The van der Waals surface area contributed by atoms with Crippen LogP contribution < -0.4 is 15.0 Å². The maximum absolute atomic E-state index is 14.9. The van der Waals surface area contributed by atoms with E-state index in [1.165, 1.54) is 49.7 Å². The molecule has 0 atom stereocenters. The topological polar surface area (TPSA) is 6.48 Å². The lowest BCUT2D eigenvalue weighted by Crippen LogP contribution is -2.37. The Morgan fingerprint density at radius 2 is 1.04 bits per heavy atom. The largest absolute Gasteiger partial charge is 0.310 e. The molecule has 1 aliphatic rings. The van der Waals surface area contributed by atoms with Crippen LogP contribution in [-0.4, -0.2) is 8.07 Å². The number of benzene rings is 8. The number of rotatable bonds is 7. The molecule has 0 spiro atoms. The summed E-state index contributed by atoms with van der Waals surface area (Å²) in [7, 11) is -1.48. The summed E-state index contributed by atoms with van der Waals surface area (Å²) in [6.45, 7) is 11.9. The summed E-state index contributed by atoms with van der Waals surface area (Å²) in [5.41, 5.74) is 11.0. The zero-order valence-electron chi connectivity index (χ0n) is 31.4. The normalized spacial score (nSPS) is 13.1. The zero-order chi connectivity index (χ0) is 37.2. The molecule has 8 aromatic carbocycles. The maximum atomic E-state index is 14.9. The van der Waals surface area contributed by atoms with E-state index in [1.54, 1.807) is 12.1 Å². The van der Waals surface area contributed by atoms with Gasteiger partial charge in [0.2, 0.25) is 0 Å². The highest BCUT2D eigenvalue weighted by Crippen LogP contribution is 2.56. The number of hydrogen-bond donors (Lipinski definition) is 0. The Balaban J connectivity index is 1.25. The van der Waals surface area contributed by atoms with Crippen molar-refractivity contribution in [3.05, 3.63) is 187 Å². The van der Waals surface area contributed by atoms with E-state index in [0.29, 0.717) is 0 Å². The smallest absolute Gasteiger partial charge is 0.125 e. The summed E-state index contributed by atoms with van der Waals surface area (Å²) in [4.78, 5) is 4.63. The molecule has 0 saturated heterocycles. The number of para-hydroxylation sites is 1. The van der Waals surface area contributed by atoms with Gasteiger partial charge in [-0.15, -0.1) is 0 Å². The van der Waals surface area contributed by atoms with Gasteiger partial charge >= 0.3 is 0 Å². The first-order valence-electron chi connectivity index (χ1n) is 18.8. The van der Waals surface area contributed by atoms with Crippen LogP contribution in [0.2, 0.25) is 19.6 Å². The molecule has 9 rings (SSSR count). The summed E-state index contributed by atoms with van der Waals surface area (Å²) in [5, 5.41) is 6.19. The van der Waals surface area contributed by atoms with Gasteiger partial charge in [-0.05, 0) is 99.8 Å². The third kappa shape index (κ3) is 5.61. The zero-order valence-corrected chi connectivity index (χ0v) is 32.4. The molecule has 0 bridgehead atoms.